The van der Waals surface area contributed by atoms with Crippen molar-refractivity contribution in [1.29, 1.82) is 0 Å². The Kier molecular flexibility index (Phi) is 5.11. The third kappa shape index (κ3) is 4.03. The highest BCUT2D eigenvalue weighted by molar-refractivity contribution is 5.74. The summed E-state index contributed by atoms with van der Waals surface area (Å²) in [5, 5.41) is 11.3. The molecule has 1 heterocycles. The number of carbonyl (C=O) groups is 1. The number of nitrogens with one attached hydrogen (secondary N) is 1. The van der Waals surface area contributed by atoms with Crippen molar-refractivity contribution in [3.8, 4) is 0 Å². The van der Waals surface area contributed by atoms with Gasteiger partial charge in [-0.25, -0.2) is 0 Å². The van der Waals surface area contributed by atoms with Gasteiger partial charge in [-0.2, -0.15) is 0 Å². The molecule has 1 aliphatic carbocycles. The molecular weight excluding hydrogens is 256 g/mol. The van der Waals surface area contributed by atoms with Crippen LogP contribution in [-0.2, 0) is 4.79 Å². The molecular formula is C14H24N4O2. The SMILES string of the molecule is Cc1nnc([C@@H](C)N[C@@H](CC(N)=O)C2CCCCC2)o1. The van der Waals surface area contributed by atoms with E-state index in [0.29, 0.717) is 24.1 Å². The van der Waals surface area contributed by atoms with Crippen LogP contribution in [0.1, 0.15) is 63.3 Å². The van der Waals surface area contributed by atoms with Crippen LogP contribution >= 0.6 is 0 Å². The minimum Gasteiger partial charge on any atom is -0.424 e. The third-order valence-electron chi connectivity index (χ3n) is 4.02. The van der Waals surface area contributed by atoms with Crippen LogP contribution in [0.3, 0.4) is 0 Å². The molecule has 1 saturated carbocycles. The molecule has 0 unspecified atom stereocenters. The van der Waals surface area contributed by atoms with Gasteiger partial charge in [0.1, 0.15) is 0 Å². The van der Waals surface area contributed by atoms with Crippen LogP contribution in [0.2, 0.25) is 0 Å². The van der Waals surface area contributed by atoms with E-state index in [1.165, 1.54) is 19.3 Å². The lowest BCUT2D eigenvalue weighted by atomic mass is 9.82. The molecule has 0 radical (unpaired) electrons. The van der Waals surface area contributed by atoms with Gasteiger partial charge in [-0.3, -0.25) is 4.79 Å². The lowest BCUT2D eigenvalue weighted by Gasteiger charge is -2.31. The van der Waals surface area contributed by atoms with E-state index in [2.05, 4.69) is 15.5 Å². The molecule has 0 spiro atoms. The van der Waals surface area contributed by atoms with Gasteiger partial charge in [-0.05, 0) is 25.7 Å². The maximum Gasteiger partial charge on any atom is 0.233 e. The van der Waals surface area contributed by atoms with Crippen molar-refractivity contribution in [3.63, 3.8) is 0 Å². The summed E-state index contributed by atoms with van der Waals surface area (Å²) in [6, 6.07) is 0.0254. The lowest BCUT2D eigenvalue weighted by molar-refractivity contribution is -0.118. The molecule has 1 amide bonds. The molecule has 112 valence electrons. The Morgan fingerprint density at radius 3 is 2.65 bits per heavy atom. The Morgan fingerprint density at radius 2 is 2.10 bits per heavy atom. The average Bonchev–Trinajstić information content (AvgIpc) is 2.85. The highest BCUT2D eigenvalue weighted by atomic mass is 16.4. The quantitative estimate of drug-likeness (QED) is 0.829. The third-order valence-corrected chi connectivity index (χ3v) is 4.02. The Bertz CT molecular complexity index is 440. The van der Waals surface area contributed by atoms with E-state index in [1.54, 1.807) is 6.92 Å². The molecule has 2 atom stereocenters. The number of hydrogen-bond acceptors (Lipinski definition) is 5. The molecule has 3 N–H and O–H groups in total. The van der Waals surface area contributed by atoms with Crippen LogP contribution in [0, 0.1) is 12.8 Å². The van der Waals surface area contributed by atoms with E-state index in [1.807, 2.05) is 6.92 Å². The first-order valence-electron chi connectivity index (χ1n) is 7.40. The molecule has 1 aromatic heterocycles. The van der Waals surface area contributed by atoms with Crippen molar-refractivity contribution in [3.05, 3.63) is 11.8 Å². The predicted octanol–water partition coefficient (Wildman–Crippen LogP) is 1.85. The van der Waals surface area contributed by atoms with E-state index in [0.717, 1.165) is 12.8 Å². The van der Waals surface area contributed by atoms with Gasteiger partial charge >= 0.3 is 0 Å². The monoisotopic (exact) mass is 280 g/mol. The Morgan fingerprint density at radius 1 is 1.40 bits per heavy atom. The molecule has 1 aromatic rings. The molecule has 0 bridgehead atoms. The number of rotatable bonds is 6. The van der Waals surface area contributed by atoms with Gasteiger partial charge in [-0.1, -0.05) is 19.3 Å². The predicted molar refractivity (Wildman–Crippen MR) is 74.8 cm³/mol. The minimum absolute atomic E-state index is 0.0672. The molecule has 6 nitrogen and oxygen atoms in total. The van der Waals surface area contributed by atoms with Crippen molar-refractivity contribution >= 4 is 5.91 Å². The average molecular weight is 280 g/mol. The summed E-state index contributed by atoms with van der Waals surface area (Å²) in [7, 11) is 0. The van der Waals surface area contributed by atoms with E-state index < -0.39 is 0 Å². The highest BCUT2D eigenvalue weighted by Gasteiger charge is 2.27. The number of hydrogen-bond donors (Lipinski definition) is 2. The van der Waals surface area contributed by atoms with E-state index >= 15 is 0 Å². The second kappa shape index (κ2) is 6.83. The summed E-state index contributed by atoms with van der Waals surface area (Å²) in [5.74, 6) is 1.36. The molecule has 1 fully saturated rings. The zero-order chi connectivity index (χ0) is 14.5. The standard InChI is InChI=1S/C14H24N4O2/c1-9(14-18-17-10(2)20-14)16-12(8-13(15)19)11-6-4-3-5-7-11/h9,11-12,16H,3-8H2,1-2H3,(H2,15,19)/t9-,12+/m1/s1. The minimum atomic E-state index is -0.262. The van der Waals surface area contributed by atoms with Crippen LogP contribution in [0.4, 0.5) is 0 Å². The molecule has 1 aliphatic rings. The molecule has 0 aromatic carbocycles. The fourth-order valence-electron chi connectivity index (χ4n) is 2.99. The van der Waals surface area contributed by atoms with Crippen LogP contribution in [0.5, 0.6) is 0 Å². The molecule has 20 heavy (non-hydrogen) atoms. The van der Waals surface area contributed by atoms with Gasteiger partial charge in [0.2, 0.25) is 17.7 Å². The Labute approximate surface area is 119 Å². The summed E-state index contributed by atoms with van der Waals surface area (Å²) in [5.41, 5.74) is 5.39. The fraction of sp³-hybridized carbons (Fsp3) is 0.786. The number of aryl methyl sites for hydroxylation is 1. The number of carbonyl (C=O) groups excluding carboxylic acids is 1. The van der Waals surface area contributed by atoms with Crippen molar-refractivity contribution in [2.45, 2.75) is 64.5 Å². The number of primary amides is 1. The summed E-state index contributed by atoms with van der Waals surface area (Å²) >= 11 is 0. The lowest BCUT2D eigenvalue weighted by Crippen LogP contribution is -2.41. The van der Waals surface area contributed by atoms with Crippen molar-refractivity contribution in [2.75, 3.05) is 0 Å². The largest absolute Gasteiger partial charge is 0.424 e. The first-order chi connectivity index (χ1) is 9.56. The topological polar surface area (TPSA) is 94.0 Å². The molecule has 0 saturated heterocycles. The van der Waals surface area contributed by atoms with Crippen LogP contribution in [0.25, 0.3) is 0 Å². The number of aromatic nitrogens is 2. The fourth-order valence-corrected chi connectivity index (χ4v) is 2.99. The zero-order valence-electron chi connectivity index (χ0n) is 12.3. The van der Waals surface area contributed by atoms with Crippen molar-refractivity contribution in [2.24, 2.45) is 11.7 Å². The van der Waals surface area contributed by atoms with Gasteiger partial charge in [0.05, 0.1) is 6.04 Å². The number of amides is 1. The van der Waals surface area contributed by atoms with Crippen molar-refractivity contribution < 1.29 is 9.21 Å². The molecule has 6 heteroatoms. The Balaban J connectivity index is 2.00. The maximum atomic E-state index is 11.3. The molecule has 0 aliphatic heterocycles. The first kappa shape index (κ1) is 15.0. The summed E-state index contributed by atoms with van der Waals surface area (Å²) in [6.07, 6.45) is 6.42. The van der Waals surface area contributed by atoms with Crippen LogP contribution in [-0.4, -0.2) is 22.1 Å². The van der Waals surface area contributed by atoms with E-state index in [9.17, 15) is 4.79 Å². The number of nitrogens with zero attached hydrogens (tertiary/aromatic N) is 2. The van der Waals surface area contributed by atoms with Gasteiger partial charge < -0.3 is 15.5 Å². The normalized spacial score (nSPS) is 19.7. The number of nitrogens with two attached hydrogens (primary N) is 1. The van der Waals surface area contributed by atoms with Crippen LogP contribution < -0.4 is 11.1 Å². The van der Waals surface area contributed by atoms with Gasteiger partial charge in [0.25, 0.3) is 0 Å². The first-order valence-corrected chi connectivity index (χ1v) is 7.40. The second-order valence-corrected chi connectivity index (χ2v) is 5.72. The van der Waals surface area contributed by atoms with E-state index in [4.69, 9.17) is 10.2 Å². The van der Waals surface area contributed by atoms with Gasteiger partial charge in [-0.15, -0.1) is 10.2 Å². The highest BCUT2D eigenvalue weighted by Crippen LogP contribution is 2.29. The summed E-state index contributed by atoms with van der Waals surface area (Å²) < 4.78 is 5.44. The smallest absolute Gasteiger partial charge is 0.233 e. The molecule has 2 rings (SSSR count). The summed E-state index contributed by atoms with van der Waals surface area (Å²) in [6.45, 7) is 3.75. The van der Waals surface area contributed by atoms with Crippen LogP contribution in [0.15, 0.2) is 4.42 Å². The Hall–Kier alpha value is -1.43. The summed E-state index contributed by atoms with van der Waals surface area (Å²) in [4.78, 5) is 11.3. The van der Waals surface area contributed by atoms with Gasteiger partial charge in [0.15, 0.2) is 0 Å². The van der Waals surface area contributed by atoms with Gasteiger partial charge in [0, 0.05) is 19.4 Å². The second-order valence-electron chi connectivity index (χ2n) is 5.72. The zero-order valence-corrected chi connectivity index (χ0v) is 12.3. The maximum absolute atomic E-state index is 11.3. The van der Waals surface area contributed by atoms with E-state index in [-0.39, 0.29) is 18.0 Å². The van der Waals surface area contributed by atoms with Crippen molar-refractivity contribution in [1.82, 2.24) is 15.5 Å².